The van der Waals surface area contributed by atoms with Gasteiger partial charge in [0.15, 0.2) is 9.84 Å². The van der Waals surface area contributed by atoms with E-state index in [0.717, 1.165) is 21.9 Å². The maximum atomic E-state index is 13.0. The highest BCUT2D eigenvalue weighted by Gasteiger charge is 2.42. The van der Waals surface area contributed by atoms with E-state index in [9.17, 15) is 13.2 Å². The van der Waals surface area contributed by atoms with Gasteiger partial charge in [-0.15, -0.1) is 0 Å². The summed E-state index contributed by atoms with van der Waals surface area (Å²) in [6.07, 6.45) is 1.98. The quantitative estimate of drug-likeness (QED) is 0.619. The molecule has 3 aromatic rings. The van der Waals surface area contributed by atoms with Crippen molar-refractivity contribution in [3.8, 4) is 0 Å². The van der Waals surface area contributed by atoms with Crippen LogP contribution in [0.25, 0.3) is 10.9 Å². The van der Waals surface area contributed by atoms with Crippen LogP contribution in [-0.2, 0) is 21.2 Å². The molecule has 0 unspecified atom stereocenters. The lowest BCUT2D eigenvalue weighted by atomic mass is 10.1. The second kappa shape index (κ2) is 7.13. The first kappa shape index (κ1) is 19.6. The topological polar surface area (TPSA) is 68.2 Å². The lowest BCUT2D eigenvalue weighted by molar-refractivity contribution is -0.117. The lowest BCUT2D eigenvalue weighted by Gasteiger charge is -2.24. The van der Waals surface area contributed by atoms with E-state index in [1.807, 2.05) is 24.4 Å². The highest BCUT2D eigenvalue weighted by molar-refractivity contribution is 9.10. The van der Waals surface area contributed by atoms with Gasteiger partial charge >= 0.3 is 0 Å². The van der Waals surface area contributed by atoms with Gasteiger partial charge in [0.05, 0.1) is 4.90 Å². The van der Waals surface area contributed by atoms with Crippen molar-refractivity contribution in [1.82, 2.24) is 4.57 Å². The molecule has 0 spiro atoms. The molecule has 1 amide bonds. The molecule has 0 aliphatic carbocycles. The van der Waals surface area contributed by atoms with Gasteiger partial charge in [0.2, 0.25) is 5.91 Å². The van der Waals surface area contributed by atoms with Gasteiger partial charge in [-0.25, -0.2) is 8.42 Å². The van der Waals surface area contributed by atoms with E-state index in [1.165, 1.54) is 26.0 Å². The van der Waals surface area contributed by atoms with Crippen LogP contribution in [0.1, 0.15) is 20.8 Å². The first-order valence-corrected chi connectivity index (χ1v) is 10.8. The van der Waals surface area contributed by atoms with E-state index < -0.39 is 20.5 Å². The van der Waals surface area contributed by atoms with Crippen LogP contribution in [0.3, 0.4) is 0 Å². The number of fused-ring (bicyclic) bond motifs is 1. The molecule has 1 aromatic heterocycles. The zero-order valence-electron chi connectivity index (χ0n) is 15.4. The maximum Gasteiger partial charge on any atom is 0.245 e. The van der Waals surface area contributed by atoms with Crippen LogP contribution in [0.5, 0.6) is 0 Å². The Morgan fingerprint density at radius 1 is 1.11 bits per heavy atom. The van der Waals surface area contributed by atoms with E-state index in [2.05, 4.69) is 32.7 Å². The standard InChI is InChI=1S/C20H21BrN2O3S/c1-4-23-12-11-14-13-16(7-10-18(14)23)22-19(24)20(2,3)27(25,26)17-8-5-15(21)6-9-17/h5-13H,4H2,1-3H3,(H,22,24). The van der Waals surface area contributed by atoms with Gasteiger partial charge in [-0.05, 0) is 69.3 Å². The third kappa shape index (κ3) is 3.53. The first-order valence-electron chi connectivity index (χ1n) is 8.57. The average Bonchev–Trinajstić information content (AvgIpc) is 3.04. The Kier molecular flexibility index (Phi) is 5.18. The van der Waals surface area contributed by atoms with Crippen molar-refractivity contribution < 1.29 is 13.2 Å². The number of rotatable bonds is 5. The molecule has 2 aromatic carbocycles. The van der Waals surface area contributed by atoms with Crippen molar-refractivity contribution in [2.75, 3.05) is 5.32 Å². The smallest absolute Gasteiger partial charge is 0.245 e. The number of benzene rings is 2. The molecule has 0 saturated carbocycles. The van der Waals surface area contributed by atoms with E-state index in [1.54, 1.807) is 18.2 Å². The number of carbonyl (C=O) groups is 1. The summed E-state index contributed by atoms with van der Waals surface area (Å²) in [6, 6.07) is 13.8. The van der Waals surface area contributed by atoms with Gasteiger partial charge < -0.3 is 9.88 Å². The Morgan fingerprint density at radius 2 is 1.78 bits per heavy atom. The molecule has 1 heterocycles. The Hall–Kier alpha value is -2.12. The van der Waals surface area contributed by atoms with Gasteiger partial charge in [0.25, 0.3) is 0 Å². The third-order valence-electron chi connectivity index (χ3n) is 4.71. The number of aromatic nitrogens is 1. The highest BCUT2D eigenvalue weighted by atomic mass is 79.9. The molecule has 0 fully saturated rings. The van der Waals surface area contributed by atoms with Crippen LogP contribution < -0.4 is 5.32 Å². The fourth-order valence-corrected chi connectivity index (χ4v) is 4.51. The molecule has 0 aliphatic heterocycles. The molecule has 0 atom stereocenters. The minimum Gasteiger partial charge on any atom is -0.348 e. The summed E-state index contributed by atoms with van der Waals surface area (Å²) in [5, 5.41) is 3.74. The zero-order valence-corrected chi connectivity index (χ0v) is 17.8. The van der Waals surface area contributed by atoms with Gasteiger partial charge in [-0.1, -0.05) is 15.9 Å². The summed E-state index contributed by atoms with van der Waals surface area (Å²) in [6.45, 7) is 5.76. The van der Waals surface area contributed by atoms with Crippen LogP contribution in [0.2, 0.25) is 0 Å². The summed E-state index contributed by atoms with van der Waals surface area (Å²) in [5.74, 6) is -0.570. The number of hydrogen-bond donors (Lipinski definition) is 1. The average molecular weight is 449 g/mol. The van der Waals surface area contributed by atoms with Crippen LogP contribution in [0.15, 0.2) is 64.1 Å². The van der Waals surface area contributed by atoms with Gasteiger partial charge in [-0.2, -0.15) is 0 Å². The molecule has 0 bridgehead atoms. The molecule has 0 saturated heterocycles. The van der Waals surface area contributed by atoms with Crippen molar-refractivity contribution in [3.05, 3.63) is 59.2 Å². The predicted octanol–water partition coefficient (Wildman–Crippen LogP) is 4.61. The molecule has 142 valence electrons. The van der Waals surface area contributed by atoms with Gasteiger partial charge in [-0.3, -0.25) is 4.79 Å². The Morgan fingerprint density at radius 3 is 2.41 bits per heavy atom. The number of amides is 1. The second-order valence-corrected chi connectivity index (χ2v) is 10.2. The number of anilines is 1. The predicted molar refractivity (Wildman–Crippen MR) is 112 cm³/mol. The number of hydrogen-bond acceptors (Lipinski definition) is 3. The summed E-state index contributed by atoms with van der Waals surface area (Å²) in [5.41, 5.74) is 1.64. The number of halogens is 1. The normalized spacial score (nSPS) is 12.3. The minimum atomic E-state index is -3.85. The van der Waals surface area contributed by atoms with Crippen LogP contribution >= 0.6 is 15.9 Å². The molecule has 0 radical (unpaired) electrons. The number of nitrogens with zero attached hydrogens (tertiary/aromatic N) is 1. The second-order valence-electron chi connectivity index (χ2n) is 6.80. The van der Waals surface area contributed by atoms with Gasteiger partial charge in [0, 0.05) is 33.8 Å². The Bertz CT molecular complexity index is 1100. The van der Waals surface area contributed by atoms with Crippen molar-refractivity contribution >= 4 is 48.3 Å². The molecule has 1 N–H and O–H groups in total. The summed E-state index contributed by atoms with van der Waals surface area (Å²) in [4.78, 5) is 12.9. The highest BCUT2D eigenvalue weighted by Crippen LogP contribution is 2.29. The zero-order chi connectivity index (χ0) is 19.8. The van der Waals surface area contributed by atoms with E-state index in [0.29, 0.717) is 5.69 Å². The SMILES string of the molecule is CCn1ccc2cc(NC(=O)C(C)(C)S(=O)(=O)c3ccc(Br)cc3)ccc21. The molecule has 3 rings (SSSR count). The van der Waals surface area contributed by atoms with Crippen LogP contribution in [0.4, 0.5) is 5.69 Å². The first-order chi connectivity index (χ1) is 12.7. The fourth-order valence-electron chi connectivity index (χ4n) is 2.87. The largest absolute Gasteiger partial charge is 0.348 e. The summed E-state index contributed by atoms with van der Waals surface area (Å²) < 4.78 is 27.2. The fraction of sp³-hybridized carbons (Fsp3) is 0.250. The Balaban J connectivity index is 1.88. The molecule has 0 aliphatic rings. The molecule has 27 heavy (non-hydrogen) atoms. The minimum absolute atomic E-state index is 0.112. The maximum absolute atomic E-state index is 13.0. The van der Waals surface area contributed by atoms with Crippen LogP contribution in [-0.4, -0.2) is 23.6 Å². The molecular formula is C20H21BrN2O3S. The van der Waals surface area contributed by atoms with Crippen molar-refractivity contribution in [2.24, 2.45) is 0 Å². The number of sulfone groups is 1. The number of carbonyl (C=O) groups excluding carboxylic acids is 1. The van der Waals surface area contributed by atoms with E-state index >= 15 is 0 Å². The van der Waals surface area contributed by atoms with Gasteiger partial charge in [0.1, 0.15) is 4.75 Å². The monoisotopic (exact) mass is 448 g/mol. The third-order valence-corrected chi connectivity index (χ3v) is 7.66. The molecule has 7 heteroatoms. The number of nitrogens with one attached hydrogen (secondary N) is 1. The summed E-state index contributed by atoms with van der Waals surface area (Å²) in [7, 11) is -3.85. The summed E-state index contributed by atoms with van der Waals surface area (Å²) >= 11 is 3.29. The van der Waals surface area contributed by atoms with Crippen LogP contribution in [0, 0.1) is 0 Å². The van der Waals surface area contributed by atoms with Crippen molar-refractivity contribution in [1.29, 1.82) is 0 Å². The van der Waals surface area contributed by atoms with Crippen molar-refractivity contribution in [3.63, 3.8) is 0 Å². The molecular weight excluding hydrogens is 428 g/mol. The van der Waals surface area contributed by atoms with E-state index in [4.69, 9.17) is 0 Å². The lowest BCUT2D eigenvalue weighted by Crippen LogP contribution is -2.44. The van der Waals surface area contributed by atoms with E-state index in [-0.39, 0.29) is 4.90 Å². The van der Waals surface area contributed by atoms with Crippen molar-refractivity contribution in [2.45, 2.75) is 37.0 Å². The Labute approximate surface area is 167 Å². The number of aryl methyl sites for hydroxylation is 1. The molecule has 5 nitrogen and oxygen atoms in total.